The second kappa shape index (κ2) is 8.43. The number of hydrogen-bond donors (Lipinski definition) is 3. The van der Waals surface area contributed by atoms with Gasteiger partial charge in [-0.1, -0.05) is 11.3 Å². The van der Waals surface area contributed by atoms with Crippen molar-refractivity contribution >= 4 is 49.8 Å². The lowest BCUT2D eigenvalue weighted by atomic mass is 9.97. The van der Waals surface area contributed by atoms with E-state index in [1.807, 2.05) is 11.4 Å². The Morgan fingerprint density at radius 3 is 2.83 bits per heavy atom. The molecule has 3 atom stereocenters. The number of aliphatic hydroxyl groups is 1. The number of nitrogens with zero attached hydrogens (tertiary/aromatic N) is 5. The van der Waals surface area contributed by atoms with Gasteiger partial charge in [-0.3, -0.25) is 4.90 Å². The van der Waals surface area contributed by atoms with E-state index in [9.17, 15) is 5.11 Å². The van der Waals surface area contributed by atoms with Crippen LogP contribution in [0.5, 0.6) is 0 Å². The van der Waals surface area contributed by atoms with Gasteiger partial charge < -0.3 is 15.7 Å². The van der Waals surface area contributed by atoms with E-state index < -0.39 is 0 Å². The maximum absolute atomic E-state index is 9.29. The van der Waals surface area contributed by atoms with Crippen LogP contribution in [0.1, 0.15) is 37.0 Å². The van der Waals surface area contributed by atoms with Crippen molar-refractivity contribution in [3.63, 3.8) is 0 Å². The molecule has 0 amide bonds. The van der Waals surface area contributed by atoms with Gasteiger partial charge in [-0.2, -0.15) is 10.2 Å². The summed E-state index contributed by atoms with van der Waals surface area (Å²) in [5.41, 5.74) is 0. The average molecular weight is 442 g/mol. The number of anilines is 3. The molecule has 5 heterocycles. The maximum Gasteiger partial charge on any atom is 0.226 e. The van der Waals surface area contributed by atoms with Gasteiger partial charge in [0.05, 0.1) is 22.9 Å². The summed E-state index contributed by atoms with van der Waals surface area (Å²) in [6.07, 6.45) is 6.82. The predicted octanol–water partition coefficient (Wildman–Crippen LogP) is 3.70. The van der Waals surface area contributed by atoms with Crippen molar-refractivity contribution in [1.82, 2.24) is 19.9 Å². The van der Waals surface area contributed by atoms with E-state index in [4.69, 9.17) is 15.2 Å². The highest BCUT2D eigenvalue weighted by atomic mass is 32.1. The van der Waals surface area contributed by atoms with Crippen LogP contribution in [-0.4, -0.2) is 49.6 Å². The monoisotopic (exact) mass is 441 g/mol. The second-order valence-electron chi connectivity index (χ2n) is 7.79. The fourth-order valence-electron chi connectivity index (χ4n) is 4.67. The first-order valence-electron chi connectivity index (χ1n) is 10.2. The van der Waals surface area contributed by atoms with Gasteiger partial charge in [0.25, 0.3) is 0 Å². The van der Waals surface area contributed by atoms with Crippen molar-refractivity contribution in [2.24, 2.45) is 0 Å². The molecule has 0 radical (unpaired) electrons. The van der Waals surface area contributed by atoms with Crippen LogP contribution in [0.4, 0.5) is 16.9 Å². The Morgan fingerprint density at radius 2 is 2.10 bits per heavy atom. The van der Waals surface area contributed by atoms with E-state index in [1.54, 1.807) is 17.5 Å². The first-order valence-corrected chi connectivity index (χ1v) is 11.9. The van der Waals surface area contributed by atoms with E-state index >= 15 is 0 Å². The van der Waals surface area contributed by atoms with Crippen LogP contribution in [-0.2, 0) is 6.61 Å². The standard InChI is InChI=1S/C20H23N7OS2/c21-5-1-6-27-13-2-3-14(27)9-12(8-13)23-19-24-17(16-4-7-29-18(16)26-19)25-20-22-10-15(11-28)30-20/h4,7,10,12-14,28H,1-3,6,8-9,11H2,(H2,22,23,24,25,26)/t12-,13-,14?/m0/s1. The minimum atomic E-state index is -0.0147. The third-order valence-corrected chi connectivity index (χ3v) is 7.66. The lowest BCUT2D eigenvalue weighted by Gasteiger charge is -2.38. The number of rotatable bonds is 7. The van der Waals surface area contributed by atoms with Crippen LogP contribution >= 0.6 is 22.7 Å². The zero-order valence-corrected chi connectivity index (χ0v) is 18.0. The first-order chi connectivity index (χ1) is 14.7. The van der Waals surface area contributed by atoms with Crippen molar-refractivity contribution in [3.8, 4) is 6.07 Å². The zero-order valence-electron chi connectivity index (χ0n) is 16.4. The van der Waals surface area contributed by atoms with Crippen molar-refractivity contribution in [2.45, 2.75) is 56.8 Å². The smallest absolute Gasteiger partial charge is 0.226 e. The molecule has 2 bridgehead atoms. The number of thiophene rings is 1. The molecule has 3 aromatic heterocycles. The Bertz CT molecular complexity index is 1060. The van der Waals surface area contributed by atoms with Gasteiger partial charge in [0.2, 0.25) is 5.95 Å². The molecule has 8 nitrogen and oxygen atoms in total. The minimum absolute atomic E-state index is 0.0147. The first kappa shape index (κ1) is 19.6. The van der Waals surface area contributed by atoms with Crippen molar-refractivity contribution in [2.75, 3.05) is 17.2 Å². The zero-order chi connectivity index (χ0) is 20.5. The number of aliphatic hydroxyl groups excluding tert-OH is 1. The Morgan fingerprint density at radius 1 is 1.27 bits per heavy atom. The average Bonchev–Trinajstić information content (AvgIpc) is 3.45. The van der Waals surface area contributed by atoms with Crippen LogP contribution in [0, 0.1) is 11.3 Å². The molecule has 1 unspecified atom stereocenters. The largest absolute Gasteiger partial charge is 0.391 e. The molecule has 30 heavy (non-hydrogen) atoms. The molecule has 2 saturated heterocycles. The Labute approximate surface area is 182 Å². The SMILES string of the molecule is N#CCCN1C2CC[C@H]1C[C@H](Nc1nc(Nc3ncc(CO)s3)c3ccsc3n1)C2. The summed E-state index contributed by atoms with van der Waals surface area (Å²) >= 11 is 3.01. The number of hydrogen-bond acceptors (Lipinski definition) is 10. The minimum Gasteiger partial charge on any atom is -0.391 e. The summed E-state index contributed by atoms with van der Waals surface area (Å²) < 4.78 is 0. The molecule has 2 aliphatic rings. The Balaban J connectivity index is 1.33. The van der Waals surface area contributed by atoms with Crippen LogP contribution in [0.25, 0.3) is 10.2 Å². The van der Waals surface area contributed by atoms with E-state index in [0.29, 0.717) is 35.6 Å². The highest BCUT2D eigenvalue weighted by Gasteiger charge is 2.40. The van der Waals surface area contributed by atoms with Crippen LogP contribution in [0.2, 0.25) is 0 Å². The van der Waals surface area contributed by atoms with Crippen LogP contribution in [0.15, 0.2) is 17.6 Å². The summed E-state index contributed by atoms with van der Waals surface area (Å²) in [5.74, 6) is 1.37. The molecule has 3 aromatic rings. The summed E-state index contributed by atoms with van der Waals surface area (Å²) in [7, 11) is 0. The third-order valence-electron chi connectivity index (χ3n) is 5.96. The fourth-order valence-corrected chi connectivity index (χ4v) is 6.11. The Hall–Kier alpha value is -2.32. The van der Waals surface area contributed by atoms with Crippen LogP contribution < -0.4 is 10.6 Å². The Kier molecular flexibility index (Phi) is 5.52. The maximum atomic E-state index is 9.29. The second-order valence-corrected chi connectivity index (χ2v) is 9.80. The molecule has 2 fully saturated rings. The van der Waals surface area contributed by atoms with Gasteiger partial charge in [-0.05, 0) is 37.1 Å². The molecule has 0 spiro atoms. The molecule has 0 aliphatic carbocycles. The molecule has 156 valence electrons. The highest BCUT2D eigenvalue weighted by Crippen LogP contribution is 2.37. The number of fused-ring (bicyclic) bond motifs is 3. The molecule has 10 heteroatoms. The fraction of sp³-hybridized carbons (Fsp3) is 0.500. The van der Waals surface area contributed by atoms with Gasteiger partial charge in [-0.15, -0.1) is 11.3 Å². The molecular weight excluding hydrogens is 418 g/mol. The number of nitriles is 1. The van der Waals surface area contributed by atoms with Crippen molar-refractivity contribution < 1.29 is 5.11 Å². The summed E-state index contributed by atoms with van der Waals surface area (Å²) in [5, 5.41) is 28.8. The van der Waals surface area contributed by atoms with Gasteiger partial charge >= 0.3 is 0 Å². The summed E-state index contributed by atoms with van der Waals surface area (Å²) in [6.45, 7) is 0.868. The molecular formula is C20H23N7OS2. The summed E-state index contributed by atoms with van der Waals surface area (Å²) in [6, 6.07) is 5.73. The van der Waals surface area contributed by atoms with Gasteiger partial charge in [0.15, 0.2) is 5.13 Å². The number of nitrogens with one attached hydrogen (secondary N) is 2. The molecule has 5 rings (SSSR count). The predicted molar refractivity (Wildman–Crippen MR) is 119 cm³/mol. The number of aromatic nitrogens is 3. The van der Waals surface area contributed by atoms with Crippen molar-refractivity contribution in [3.05, 3.63) is 22.5 Å². The topological polar surface area (TPSA) is 110 Å². The quantitative estimate of drug-likeness (QED) is 0.509. The molecule has 0 aromatic carbocycles. The van der Waals surface area contributed by atoms with Gasteiger partial charge in [0, 0.05) is 37.3 Å². The number of thiazole rings is 1. The van der Waals surface area contributed by atoms with E-state index in [-0.39, 0.29) is 6.61 Å². The lowest BCUT2D eigenvalue weighted by Crippen LogP contribution is -2.47. The van der Waals surface area contributed by atoms with E-state index in [0.717, 1.165) is 40.3 Å². The highest BCUT2D eigenvalue weighted by molar-refractivity contribution is 7.17. The lowest BCUT2D eigenvalue weighted by molar-refractivity contribution is 0.135. The number of piperidine rings is 1. The van der Waals surface area contributed by atoms with Crippen LogP contribution in [0.3, 0.4) is 0 Å². The molecule has 0 saturated carbocycles. The molecule has 3 N–H and O–H groups in total. The van der Waals surface area contributed by atoms with E-state index in [2.05, 4.69) is 26.6 Å². The summed E-state index contributed by atoms with van der Waals surface area (Å²) in [4.78, 5) is 18.1. The van der Waals surface area contributed by atoms with E-state index in [1.165, 1.54) is 24.2 Å². The molecule has 2 aliphatic heterocycles. The van der Waals surface area contributed by atoms with Gasteiger partial charge in [0.1, 0.15) is 10.6 Å². The van der Waals surface area contributed by atoms with Gasteiger partial charge in [-0.25, -0.2) is 9.97 Å². The third kappa shape index (κ3) is 3.86. The normalized spacial score (nSPS) is 23.5. The van der Waals surface area contributed by atoms with Crippen molar-refractivity contribution in [1.29, 1.82) is 5.26 Å².